The van der Waals surface area contributed by atoms with Gasteiger partial charge in [0.15, 0.2) is 9.84 Å². The predicted octanol–water partition coefficient (Wildman–Crippen LogP) is 2.15. The Bertz CT molecular complexity index is 277. The van der Waals surface area contributed by atoms with Crippen LogP contribution in [-0.4, -0.2) is 49.3 Å². The monoisotopic (exact) mass is 269 g/mol. The van der Waals surface area contributed by atoms with Crippen molar-refractivity contribution in [3.05, 3.63) is 0 Å². The minimum atomic E-state index is -3.01. The molecule has 0 aromatic rings. The van der Waals surface area contributed by atoms with Gasteiger partial charge in [-0.3, -0.25) is 0 Å². The van der Waals surface area contributed by atoms with Crippen molar-refractivity contribution in [1.82, 2.24) is 4.90 Å². The predicted molar refractivity (Wildman–Crippen MR) is 71.0 cm³/mol. The van der Waals surface area contributed by atoms with Gasteiger partial charge in [-0.2, -0.15) is 0 Å². The summed E-state index contributed by atoms with van der Waals surface area (Å²) < 4.78 is 23.1. The van der Waals surface area contributed by atoms with Crippen molar-refractivity contribution in [2.45, 2.75) is 38.9 Å². The smallest absolute Gasteiger partial charge is 0.156 e. The van der Waals surface area contributed by atoms with E-state index in [0.717, 1.165) is 19.5 Å². The van der Waals surface area contributed by atoms with Gasteiger partial charge >= 0.3 is 0 Å². The molecule has 0 aliphatic heterocycles. The van der Waals surface area contributed by atoms with Crippen molar-refractivity contribution < 1.29 is 8.42 Å². The Labute approximate surface area is 105 Å². The van der Waals surface area contributed by atoms with Crippen LogP contribution in [0, 0.1) is 0 Å². The van der Waals surface area contributed by atoms with Crippen molar-refractivity contribution in [3.8, 4) is 0 Å². The van der Waals surface area contributed by atoms with Crippen LogP contribution in [0.4, 0.5) is 0 Å². The number of halogens is 1. The molecule has 0 atom stereocenters. The van der Waals surface area contributed by atoms with Gasteiger partial charge in [0.2, 0.25) is 0 Å². The zero-order chi connectivity index (χ0) is 12.8. The number of hydrogen-bond acceptors (Lipinski definition) is 3. The molecule has 0 aliphatic carbocycles. The van der Waals surface area contributed by atoms with Gasteiger partial charge in [0.25, 0.3) is 0 Å². The standard InChI is InChI=1S/C11H24ClNO2S/c1-5-7-13(8-6-12)9-10-16(14,15)11(2,3)4/h5-10H2,1-4H3. The van der Waals surface area contributed by atoms with Gasteiger partial charge < -0.3 is 4.90 Å². The highest BCUT2D eigenvalue weighted by atomic mass is 35.5. The lowest BCUT2D eigenvalue weighted by Gasteiger charge is -2.24. The first-order chi connectivity index (χ1) is 7.24. The highest BCUT2D eigenvalue weighted by molar-refractivity contribution is 7.92. The first-order valence-corrected chi connectivity index (χ1v) is 7.94. The Balaban J connectivity index is 4.30. The van der Waals surface area contributed by atoms with Crippen LogP contribution in [0.15, 0.2) is 0 Å². The summed E-state index contributed by atoms with van der Waals surface area (Å²) in [6.45, 7) is 9.57. The molecule has 3 nitrogen and oxygen atoms in total. The summed E-state index contributed by atoms with van der Waals surface area (Å²) in [4.78, 5) is 2.11. The molecular formula is C11H24ClNO2S. The van der Waals surface area contributed by atoms with Crippen molar-refractivity contribution in [2.24, 2.45) is 0 Å². The van der Waals surface area contributed by atoms with Crippen LogP contribution in [0.3, 0.4) is 0 Å². The normalized spacial score (nSPS) is 13.4. The number of rotatable bonds is 7. The molecule has 0 aromatic heterocycles. The van der Waals surface area contributed by atoms with E-state index in [1.54, 1.807) is 20.8 Å². The van der Waals surface area contributed by atoms with Crippen LogP contribution in [0.1, 0.15) is 34.1 Å². The minimum absolute atomic E-state index is 0.216. The third-order valence-corrected chi connectivity index (χ3v) is 5.30. The topological polar surface area (TPSA) is 37.4 Å². The molecule has 0 saturated carbocycles. The van der Waals surface area contributed by atoms with Crippen LogP contribution in [0.5, 0.6) is 0 Å². The summed E-state index contributed by atoms with van der Waals surface area (Å²) in [6, 6.07) is 0. The van der Waals surface area contributed by atoms with E-state index >= 15 is 0 Å². The Morgan fingerprint density at radius 3 is 2.06 bits per heavy atom. The molecule has 98 valence electrons. The molecule has 0 N–H and O–H groups in total. The van der Waals surface area contributed by atoms with Crippen molar-refractivity contribution >= 4 is 21.4 Å². The second-order valence-corrected chi connectivity index (χ2v) is 8.20. The van der Waals surface area contributed by atoms with Crippen LogP contribution in [0.25, 0.3) is 0 Å². The second kappa shape index (κ2) is 6.82. The zero-order valence-electron chi connectivity index (χ0n) is 10.8. The fourth-order valence-electron chi connectivity index (χ4n) is 1.33. The lowest BCUT2D eigenvalue weighted by Crippen LogP contribution is -2.37. The molecule has 5 heteroatoms. The first-order valence-electron chi connectivity index (χ1n) is 5.75. The summed E-state index contributed by atoms with van der Waals surface area (Å²) >= 11 is 5.68. The third kappa shape index (κ3) is 5.51. The van der Waals surface area contributed by atoms with E-state index in [-0.39, 0.29) is 5.75 Å². The van der Waals surface area contributed by atoms with E-state index in [1.807, 2.05) is 0 Å². The molecule has 0 saturated heterocycles. The maximum Gasteiger partial charge on any atom is 0.156 e. The maximum atomic E-state index is 11.9. The van der Waals surface area contributed by atoms with E-state index in [4.69, 9.17) is 11.6 Å². The molecule has 0 spiro atoms. The summed E-state index contributed by atoms with van der Waals surface area (Å²) in [5, 5.41) is 0. The van der Waals surface area contributed by atoms with Gasteiger partial charge in [-0.15, -0.1) is 11.6 Å². The molecule has 16 heavy (non-hydrogen) atoms. The Morgan fingerprint density at radius 1 is 1.12 bits per heavy atom. The molecule has 0 radical (unpaired) electrons. The van der Waals surface area contributed by atoms with Crippen LogP contribution >= 0.6 is 11.6 Å². The number of hydrogen-bond donors (Lipinski definition) is 0. The highest BCUT2D eigenvalue weighted by Crippen LogP contribution is 2.16. The molecular weight excluding hydrogens is 246 g/mol. The minimum Gasteiger partial charge on any atom is -0.301 e. The van der Waals surface area contributed by atoms with Crippen LogP contribution in [0.2, 0.25) is 0 Å². The highest BCUT2D eigenvalue weighted by Gasteiger charge is 2.28. The second-order valence-electron chi connectivity index (χ2n) is 4.96. The van der Waals surface area contributed by atoms with Gasteiger partial charge in [0, 0.05) is 19.0 Å². The molecule has 0 rings (SSSR count). The summed E-state index contributed by atoms with van der Waals surface area (Å²) in [7, 11) is -3.01. The molecule has 0 amide bonds. The molecule has 0 heterocycles. The lowest BCUT2D eigenvalue weighted by molar-refractivity contribution is 0.306. The lowest BCUT2D eigenvalue weighted by atomic mass is 10.3. The Kier molecular flexibility index (Phi) is 6.90. The van der Waals surface area contributed by atoms with Gasteiger partial charge in [-0.05, 0) is 33.7 Å². The SMILES string of the molecule is CCCN(CCCl)CCS(=O)(=O)C(C)(C)C. The average Bonchev–Trinajstić information content (AvgIpc) is 2.13. The van der Waals surface area contributed by atoms with E-state index in [1.165, 1.54) is 0 Å². The van der Waals surface area contributed by atoms with E-state index in [9.17, 15) is 8.42 Å². The summed E-state index contributed by atoms with van der Waals surface area (Å²) in [5.74, 6) is 0.767. The zero-order valence-corrected chi connectivity index (χ0v) is 12.4. The fraction of sp³-hybridized carbons (Fsp3) is 1.00. The molecule has 0 fully saturated rings. The Hall–Kier alpha value is 0.200. The molecule has 0 aliphatic rings. The van der Waals surface area contributed by atoms with Gasteiger partial charge in [-0.1, -0.05) is 6.92 Å². The fourth-order valence-corrected chi connectivity index (χ4v) is 2.68. The molecule has 0 bridgehead atoms. The van der Waals surface area contributed by atoms with E-state index < -0.39 is 14.6 Å². The Morgan fingerprint density at radius 2 is 1.69 bits per heavy atom. The number of sulfone groups is 1. The third-order valence-electron chi connectivity index (χ3n) is 2.55. The number of nitrogens with zero attached hydrogens (tertiary/aromatic N) is 1. The molecule has 0 unspecified atom stereocenters. The van der Waals surface area contributed by atoms with Crippen molar-refractivity contribution in [1.29, 1.82) is 0 Å². The van der Waals surface area contributed by atoms with E-state index in [0.29, 0.717) is 12.4 Å². The molecule has 0 aromatic carbocycles. The quantitative estimate of drug-likeness (QED) is 0.665. The van der Waals surface area contributed by atoms with Crippen LogP contribution in [-0.2, 0) is 9.84 Å². The van der Waals surface area contributed by atoms with Gasteiger partial charge in [0.05, 0.1) is 10.5 Å². The van der Waals surface area contributed by atoms with Crippen molar-refractivity contribution in [3.63, 3.8) is 0 Å². The average molecular weight is 270 g/mol. The van der Waals surface area contributed by atoms with Gasteiger partial charge in [-0.25, -0.2) is 8.42 Å². The number of alkyl halides is 1. The van der Waals surface area contributed by atoms with Crippen molar-refractivity contribution in [2.75, 3.05) is 31.3 Å². The summed E-state index contributed by atoms with van der Waals surface area (Å²) in [6.07, 6.45) is 1.02. The van der Waals surface area contributed by atoms with Crippen LogP contribution < -0.4 is 0 Å². The largest absolute Gasteiger partial charge is 0.301 e. The summed E-state index contributed by atoms with van der Waals surface area (Å²) in [5.41, 5.74) is 0. The first kappa shape index (κ1) is 16.2. The van der Waals surface area contributed by atoms with E-state index in [2.05, 4.69) is 11.8 Å². The van der Waals surface area contributed by atoms with Gasteiger partial charge in [0.1, 0.15) is 0 Å². The maximum absolute atomic E-state index is 11.9.